The van der Waals surface area contributed by atoms with E-state index >= 15 is 0 Å². The molecule has 11 nitrogen and oxygen atoms in total. The van der Waals surface area contributed by atoms with Gasteiger partial charge in [0.25, 0.3) is 0 Å². The largest absolute Gasteiger partial charge is 0.449 e. The van der Waals surface area contributed by atoms with E-state index in [4.69, 9.17) is 21.1 Å². The van der Waals surface area contributed by atoms with E-state index in [0.717, 1.165) is 12.8 Å². The quantitative estimate of drug-likeness (QED) is 0.396. The number of imidazole rings is 1. The van der Waals surface area contributed by atoms with Gasteiger partial charge in [0.05, 0.1) is 12.9 Å². The summed E-state index contributed by atoms with van der Waals surface area (Å²) in [6.07, 6.45) is -0.661. The Morgan fingerprint density at radius 2 is 2.09 bits per heavy atom. The van der Waals surface area contributed by atoms with Gasteiger partial charge in [-0.15, -0.1) is 0 Å². The molecule has 0 saturated carbocycles. The average molecular weight is 487 g/mol. The second-order valence-electron chi connectivity index (χ2n) is 8.24. The zero-order chi connectivity index (χ0) is 23.5. The molecule has 0 aliphatic carbocycles. The van der Waals surface area contributed by atoms with Crippen molar-refractivity contribution in [1.29, 1.82) is 0 Å². The first kappa shape index (κ1) is 23.9. The van der Waals surface area contributed by atoms with Crippen LogP contribution >= 0.6 is 11.6 Å². The zero-order valence-electron chi connectivity index (χ0n) is 18.2. The highest BCUT2D eigenvalue weighted by Crippen LogP contribution is 2.33. The van der Waals surface area contributed by atoms with Gasteiger partial charge in [0.2, 0.25) is 5.28 Å². The van der Waals surface area contributed by atoms with Crippen molar-refractivity contribution in [2.75, 3.05) is 31.7 Å². The monoisotopic (exact) mass is 486 g/mol. The van der Waals surface area contributed by atoms with Gasteiger partial charge in [-0.1, -0.05) is 13.3 Å². The summed E-state index contributed by atoms with van der Waals surface area (Å²) in [4.78, 5) is 26.6. The molecule has 0 spiro atoms. The molecule has 0 bridgehead atoms. The highest BCUT2D eigenvalue weighted by molar-refractivity contribution is 6.28. The molecule has 2 aromatic rings. The summed E-state index contributed by atoms with van der Waals surface area (Å²) in [5, 5.41) is 23.6. The van der Waals surface area contributed by atoms with Crippen molar-refractivity contribution in [2.24, 2.45) is 0 Å². The van der Waals surface area contributed by atoms with E-state index in [2.05, 4.69) is 20.3 Å². The second-order valence-corrected chi connectivity index (χ2v) is 8.58. The van der Waals surface area contributed by atoms with Crippen molar-refractivity contribution in [2.45, 2.75) is 63.2 Å². The number of carbonyl (C=O) groups is 1. The molecule has 0 radical (unpaired) electrons. The van der Waals surface area contributed by atoms with E-state index in [0.29, 0.717) is 43.9 Å². The lowest BCUT2D eigenvalue weighted by molar-refractivity contribution is -0.0409. The lowest BCUT2D eigenvalue weighted by atomic mass is 10.1. The molecule has 0 aromatic carbocycles. The number of nitrogens with zero attached hydrogens (tertiary/aromatic N) is 5. The van der Waals surface area contributed by atoms with Crippen molar-refractivity contribution in [1.82, 2.24) is 24.4 Å². The molecule has 13 heteroatoms. The number of amides is 1. The molecule has 4 heterocycles. The van der Waals surface area contributed by atoms with Gasteiger partial charge in [-0.25, -0.2) is 14.2 Å². The van der Waals surface area contributed by atoms with Crippen LogP contribution in [-0.4, -0.2) is 91.4 Å². The predicted molar refractivity (Wildman–Crippen MR) is 117 cm³/mol. The number of hydrogen-bond acceptors (Lipinski definition) is 9. The number of anilines is 1. The van der Waals surface area contributed by atoms with E-state index in [9.17, 15) is 19.4 Å². The number of piperidine rings is 1. The molecule has 33 heavy (non-hydrogen) atoms. The third-order valence-electron chi connectivity index (χ3n) is 5.98. The number of unbranched alkanes of at least 4 members (excludes halogenated alkanes) is 1. The van der Waals surface area contributed by atoms with Crippen molar-refractivity contribution < 1.29 is 28.9 Å². The zero-order valence-corrected chi connectivity index (χ0v) is 19.0. The Morgan fingerprint density at radius 3 is 2.76 bits per heavy atom. The molecular formula is C20H28ClFN6O5. The molecule has 182 valence electrons. The maximum absolute atomic E-state index is 13.1. The number of aliphatic hydroxyl groups excluding tert-OH is 2. The number of halogens is 2. The topological polar surface area (TPSA) is 135 Å². The van der Waals surface area contributed by atoms with Crippen LogP contribution in [0.4, 0.5) is 15.0 Å². The van der Waals surface area contributed by atoms with Crippen LogP contribution in [0.2, 0.25) is 5.28 Å². The maximum atomic E-state index is 13.1. The number of aromatic nitrogens is 4. The lowest BCUT2D eigenvalue weighted by Gasteiger charge is -2.32. The Balaban J connectivity index is 1.45. The number of carbonyl (C=O) groups excluding carboxylic acids is 1. The van der Waals surface area contributed by atoms with E-state index in [1.165, 1.54) is 10.9 Å². The summed E-state index contributed by atoms with van der Waals surface area (Å²) in [5.74, 6) is 0.405. The molecule has 2 saturated heterocycles. The number of hydrogen-bond donors (Lipinski definition) is 3. The number of fused-ring (bicyclic) bond motifs is 1. The van der Waals surface area contributed by atoms with Crippen LogP contribution in [-0.2, 0) is 9.47 Å². The number of rotatable bonds is 7. The van der Waals surface area contributed by atoms with Crippen molar-refractivity contribution in [3.05, 3.63) is 11.6 Å². The third-order valence-corrected chi connectivity index (χ3v) is 6.14. The van der Waals surface area contributed by atoms with Crippen molar-refractivity contribution in [3.63, 3.8) is 0 Å². The van der Waals surface area contributed by atoms with Gasteiger partial charge < -0.3 is 29.9 Å². The van der Waals surface area contributed by atoms with Crippen molar-refractivity contribution >= 4 is 34.7 Å². The van der Waals surface area contributed by atoms with Crippen LogP contribution in [0.3, 0.4) is 0 Å². The van der Waals surface area contributed by atoms with Crippen LogP contribution in [0.15, 0.2) is 6.33 Å². The second kappa shape index (κ2) is 10.3. The summed E-state index contributed by atoms with van der Waals surface area (Å²) >= 11 is 6.14. The van der Waals surface area contributed by atoms with Gasteiger partial charge in [0, 0.05) is 19.1 Å². The molecule has 2 aromatic heterocycles. The summed E-state index contributed by atoms with van der Waals surface area (Å²) < 4.78 is 25.2. The van der Waals surface area contributed by atoms with Crippen LogP contribution < -0.4 is 5.32 Å². The first-order valence-corrected chi connectivity index (χ1v) is 11.5. The number of nitrogens with one attached hydrogen (secondary N) is 1. The molecule has 1 amide bonds. The fraction of sp³-hybridized carbons (Fsp3) is 0.700. The Morgan fingerprint density at radius 1 is 1.33 bits per heavy atom. The lowest BCUT2D eigenvalue weighted by Crippen LogP contribution is -2.42. The summed E-state index contributed by atoms with van der Waals surface area (Å²) in [5.41, 5.74) is 0.681. The highest BCUT2D eigenvalue weighted by Gasteiger charge is 2.44. The summed E-state index contributed by atoms with van der Waals surface area (Å²) in [7, 11) is 0. The minimum Gasteiger partial charge on any atom is -0.449 e. The number of likely N-dealkylation sites (tertiary alicyclic amines) is 1. The van der Waals surface area contributed by atoms with E-state index in [1.54, 1.807) is 4.90 Å². The Kier molecular flexibility index (Phi) is 7.47. The highest BCUT2D eigenvalue weighted by atomic mass is 35.5. The predicted octanol–water partition coefficient (Wildman–Crippen LogP) is 1.88. The van der Waals surface area contributed by atoms with Gasteiger partial charge in [0.15, 0.2) is 23.2 Å². The van der Waals surface area contributed by atoms with Gasteiger partial charge in [-0.2, -0.15) is 9.97 Å². The molecule has 4 rings (SSSR count). The third kappa shape index (κ3) is 4.98. The Hall–Kier alpha value is -2.28. The molecule has 0 unspecified atom stereocenters. The summed E-state index contributed by atoms with van der Waals surface area (Å²) in [6.45, 7) is 2.62. The molecule has 2 fully saturated rings. The minimum absolute atomic E-state index is 0.0232. The first-order chi connectivity index (χ1) is 15.9. The van der Waals surface area contributed by atoms with Gasteiger partial charge in [0.1, 0.15) is 25.0 Å². The SMILES string of the molecule is CCCCOC(=O)N1CCC(Nc2nc(Cl)nc3c2ncn3[C@@H]2O[C@H](CF)[C@@H](O)[C@H]2O)CC1. The van der Waals surface area contributed by atoms with Crippen LogP contribution in [0.25, 0.3) is 11.2 Å². The minimum atomic E-state index is -1.37. The normalized spacial score (nSPS) is 26.2. The fourth-order valence-electron chi connectivity index (χ4n) is 4.06. The molecule has 2 aliphatic heterocycles. The van der Waals surface area contributed by atoms with Gasteiger partial charge in [-0.3, -0.25) is 4.57 Å². The van der Waals surface area contributed by atoms with Crippen LogP contribution in [0.5, 0.6) is 0 Å². The number of ether oxygens (including phenoxy) is 2. The van der Waals surface area contributed by atoms with E-state index in [-0.39, 0.29) is 23.1 Å². The molecule has 3 N–H and O–H groups in total. The van der Waals surface area contributed by atoms with Crippen LogP contribution in [0, 0.1) is 0 Å². The molecule has 4 atom stereocenters. The number of aliphatic hydroxyl groups is 2. The van der Waals surface area contributed by atoms with Crippen LogP contribution in [0.1, 0.15) is 38.8 Å². The Labute approximate surface area is 194 Å². The van der Waals surface area contributed by atoms with Crippen molar-refractivity contribution in [3.8, 4) is 0 Å². The smallest absolute Gasteiger partial charge is 0.409 e. The van der Waals surface area contributed by atoms with Gasteiger partial charge in [-0.05, 0) is 30.9 Å². The van der Waals surface area contributed by atoms with E-state index < -0.39 is 31.2 Å². The summed E-state index contributed by atoms with van der Waals surface area (Å²) in [6, 6.07) is 0.0232. The maximum Gasteiger partial charge on any atom is 0.409 e. The average Bonchev–Trinajstić information content (AvgIpc) is 3.35. The molecule has 2 aliphatic rings. The van der Waals surface area contributed by atoms with E-state index in [1.807, 2.05) is 6.92 Å². The Bertz CT molecular complexity index is 972. The number of alkyl halides is 1. The van der Waals surface area contributed by atoms with Gasteiger partial charge >= 0.3 is 6.09 Å². The standard InChI is InChI=1S/C20H28ClFN6O5/c1-2-3-8-32-20(31)27-6-4-11(5-7-27)24-16-13-17(26-19(21)25-16)28(10-23-13)18-15(30)14(29)12(9-22)33-18/h10-12,14-15,18,29-30H,2-9H2,1H3,(H,24,25,26)/t12-,14-,15-,18-/m1/s1. The molecular weight excluding hydrogens is 459 g/mol. The first-order valence-electron chi connectivity index (χ1n) is 11.1. The fourth-order valence-corrected chi connectivity index (χ4v) is 4.22.